The molecule has 0 aliphatic carbocycles. The smallest absolute Gasteiger partial charge is 0.0768 e. The van der Waals surface area contributed by atoms with Crippen LogP contribution in [-0.4, -0.2) is 41.5 Å². The van der Waals surface area contributed by atoms with Gasteiger partial charge in [-0.05, 0) is 49.3 Å². The zero-order valence-corrected chi connectivity index (χ0v) is 13.4. The van der Waals surface area contributed by atoms with Gasteiger partial charge in [-0.15, -0.1) is 0 Å². The highest BCUT2D eigenvalue weighted by Crippen LogP contribution is 2.43. The van der Waals surface area contributed by atoms with E-state index < -0.39 is 0 Å². The van der Waals surface area contributed by atoms with Crippen LogP contribution in [0.1, 0.15) is 44.1 Å². The van der Waals surface area contributed by atoms with E-state index in [1.807, 2.05) is 12.3 Å². The first-order valence-electron chi connectivity index (χ1n) is 8.81. The van der Waals surface area contributed by atoms with Crippen LogP contribution < -0.4 is 0 Å². The third-order valence-corrected chi connectivity index (χ3v) is 6.19. The van der Waals surface area contributed by atoms with Crippen molar-refractivity contribution in [1.29, 1.82) is 0 Å². The van der Waals surface area contributed by atoms with Crippen molar-refractivity contribution in [2.24, 2.45) is 16.8 Å². The quantitative estimate of drug-likeness (QED) is 0.929. The normalized spacial score (nSPS) is 37.8. The lowest BCUT2D eigenvalue weighted by Crippen LogP contribution is -2.58. The molecule has 2 bridgehead atoms. The van der Waals surface area contributed by atoms with Gasteiger partial charge in [0.15, 0.2) is 0 Å². The molecule has 0 radical (unpaired) electrons. The summed E-state index contributed by atoms with van der Waals surface area (Å²) in [7, 11) is 0. The Kier molecular flexibility index (Phi) is 3.79. The number of benzene rings is 1. The van der Waals surface area contributed by atoms with E-state index in [0.29, 0.717) is 6.04 Å². The summed E-state index contributed by atoms with van der Waals surface area (Å²) in [5, 5.41) is 11.1. The molecule has 1 aromatic rings. The molecule has 0 spiro atoms. The lowest BCUT2D eigenvalue weighted by atomic mass is 9.71. The second kappa shape index (κ2) is 5.78. The van der Waals surface area contributed by atoms with Gasteiger partial charge in [-0.3, -0.25) is 9.89 Å². The van der Waals surface area contributed by atoms with E-state index in [2.05, 4.69) is 35.0 Å². The third kappa shape index (κ3) is 2.31. The van der Waals surface area contributed by atoms with E-state index in [1.54, 1.807) is 0 Å². The second-order valence-electron chi connectivity index (χ2n) is 7.22. The molecule has 5 rings (SSSR count). The molecule has 4 aliphatic heterocycles. The summed E-state index contributed by atoms with van der Waals surface area (Å²) in [5.74, 6) is 1.87. The number of nitrogens with zero attached hydrogens (tertiary/aromatic N) is 2. The standard InChI is InChI=1S/C19H26N2O/c1-2-13-12-21-10-8-14(13)11-18(21)19(22)16-7-9-20-17-6-4-3-5-15(16)17/h3-6,9,13-14,16,18-19,22H,2,7-8,10-12H2,1H3/t13-,14-,16+,18-,19+/m0/s1. The highest BCUT2D eigenvalue weighted by Gasteiger charge is 2.44. The Balaban J connectivity index is 1.56. The SMILES string of the molecule is CC[C@H]1CN2CC[C@H]1C[C@H]2[C@H](O)[C@@H]1CC=Nc2ccccc21. The van der Waals surface area contributed by atoms with Gasteiger partial charge in [0.1, 0.15) is 0 Å². The van der Waals surface area contributed by atoms with Crippen LogP contribution in [0.25, 0.3) is 0 Å². The Morgan fingerprint density at radius 3 is 3.00 bits per heavy atom. The first kappa shape index (κ1) is 14.4. The van der Waals surface area contributed by atoms with Gasteiger partial charge in [-0.2, -0.15) is 0 Å². The largest absolute Gasteiger partial charge is 0.391 e. The molecule has 1 aromatic carbocycles. The van der Waals surface area contributed by atoms with Crippen molar-refractivity contribution in [3.05, 3.63) is 29.8 Å². The van der Waals surface area contributed by atoms with Crippen molar-refractivity contribution in [3.8, 4) is 0 Å². The number of aliphatic hydroxyl groups excluding tert-OH is 1. The van der Waals surface area contributed by atoms with Gasteiger partial charge in [0.25, 0.3) is 0 Å². The molecule has 4 heterocycles. The van der Waals surface area contributed by atoms with E-state index in [4.69, 9.17) is 0 Å². The van der Waals surface area contributed by atoms with Crippen LogP contribution in [0.3, 0.4) is 0 Å². The maximum atomic E-state index is 11.1. The number of hydrogen-bond donors (Lipinski definition) is 1. The van der Waals surface area contributed by atoms with Crippen LogP contribution in [-0.2, 0) is 0 Å². The van der Waals surface area contributed by atoms with Crippen molar-refractivity contribution in [2.75, 3.05) is 13.1 Å². The van der Waals surface area contributed by atoms with Gasteiger partial charge in [0.05, 0.1) is 11.8 Å². The fourth-order valence-electron chi connectivity index (χ4n) is 4.90. The van der Waals surface area contributed by atoms with Gasteiger partial charge in [-0.1, -0.05) is 31.5 Å². The predicted molar refractivity (Wildman–Crippen MR) is 89.8 cm³/mol. The van der Waals surface area contributed by atoms with E-state index in [0.717, 1.165) is 23.9 Å². The van der Waals surface area contributed by atoms with Gasteiger partial charge in [-0.25, -0.2) is 0 Å². The van der Waals surface area contributed by atoms with Crippen molar-refractivity contribution in [2.45, 2.75) is 50.7 Å². The second-order valence-corrected chi connectivity index (χ2v) is 7.22. The highest BCUT2D eigenvalue weighted by molar-refractivity contribution is 5.70. The number of para-hydroxylation sites is 1. The Morgan fingerprint density at radius 1 is 1.36 bits per heavy atom. The van der Waals surface area contributed by atoms with Crippen LogP contribution in [0, 0.1) is 11.8 Å². The molecular weight excluding hydrogens is 272 g/mol. The Bertz CT molecular complexity index is 570. The minimum Gasteiger partial charge on any atom is -0.391 e. The maximum absolute atomic E-state index is 11.1. The summed E-state index contributed by atoms with van der Waals surface area (Å²) >= 11 is 0. The summed E-state index contributed by atoms with van der Waals surface area (Å²) in [6.07, 6.45) is 6.36. The molecule has 3 heteroatoms. The van der Waals surface area contributed by atoms with Crippen LogP contribution in [0.2, 0.25) is 0 Å². The average molecular weight is 298 g/mol. The summed E-state index contributed by atoms with van der Waals surface area (Å²) in [6, 6.07) is 8.64. The molecule has 1 unspecified atom stereocenters. The molecule has 6 atom stereocenters. The molecule has 1 N–H and O–H groups in total. The lowest BCUT2D eigenvalue weighted by molar-refractivity contribution is -0.0626. The van der Waals surface area contributed by atoms with Gasteiger partial charge in [0.2, 0.25) is 0 Å². The van der Waals surface area contributed by atoms with E-state index in [-0.39, 0.29) is 12.0 Å². The number of hydrogen-bond acceptors (Lipinski definition) is 3. The zero-order chi connectivity index (χ0) is 15.1. The third-order valence-electron chi connectivity index (χ3n) is 6.19. The zero-order valence-electron chi connectivity index (χ0n) is 13.4. The number of fused-ring (bicyclic) bond motifs is 4. The van der Waals surface area contributed by atoms with Crippen molar-refractivity contribution in [3.63, 3.8) is 0 Å². The topological polar surface area (TPSA) is 35.8 Å². The van der Waals surface area contributed by atoms with E-state index in [1.165, 1.54) is 37.9 Å². The minimum atomic E-state index is -0.270. The number of piperidine rings is 3. The molecule has 0 amide bonds. The van der Waals surface area contributed by atoms with Crippen molar-refractivity contribution >= 4 is 11.9 Å². The Hall–Kier alpha value is -1.19. The summed E-state index contributed by atoms with van der Waals surface area (Å²) < 4.78 is 0. The maximum Gasteiger partial charge on any atom is 0.0768 e. The number of rotatable bonds is 3. The summed E-state index contributed by atoms with van der Waals surface area (Å²) in [6.45, 7) is 4.67. The number of aliphatic hydroxyl groups is 1. The Morgan fingerprint density at radius 2 is 2.23 bits per heavy atom. The molecule has 3 saturated heterocycles. The van der Waals surface area contributed by atoms with Gasteiger partial charge >= 0.3 is 0 Å². The molecule has 4 aliphatic rings. The predicted octanol–water partition coefficient (Wildman–Crippen LogP) is 3.36. The molecule has 118 valence electrons. The van der Waals surface area contributed by atoms with Crippen LogP contribution in [0.15, 0.2) is 29.3 Å². The molecule has 22 heavy (non-hydrogen) atoms. The van der Waals surface area contributed by atoms with E-state index >= 15 is 0 Å². The van der Waals surface area contributed by atoms with Crippen molar-refractivity contribution in [1.82, 2.24) is 4.90 Å². The number of aliphatic imine (C=N–C) groups is 1. The minimum absolute atomic E-state index is 0.207. The van der Waals surface area contributed by atoms with Crippen LogP contribution >= 0.6 is 0 Å². The molecule has 0 aromatic heterocycles. The first-order valence-corrected chi connectivity index (χ1v) is 8.81. The summed E-state index contributed by atoms with van der Waals surface area (Å²) in [5.41, 5.74) is 2.27. The van der Waals surface area contributed by atoms with Gasteiger partial charge < -0.3 is 5.11 Å². The van der Waals surface area contributed by atoms with Crippen LogP contribution in [0.4, 0.5) is 5.69 Å². The van der Waals surface area contributed by atoms with Crippen LogP contribution in [0.5, 0.6) is 0 Å². The fourth-order valence-corrected chi connectivity index (χ4v) is 4.90. The molecule has 0 saturated carbocycles. The monoisotopic (exact) mass is 298 g/mol. The van der Waals surface area contributed by atoms with E-state index in [9.17, 15) is 5.11 Å². The first-order chi connectivity index (χ1) is 10.8. The average Bonchev–Trinajstić information content (AvgIpc) is 2.60. The molecule has 3 nitrogen and oxygen atoms in total. The molecule has 3 fully saturated rings. The van der Waals surface area contributed by atoms with Gasteiger partial charge in [0, 0.05) is 24.7 Å². The molecular formula is C19H26N2O. The fraction of sp³-hybridized carbons (Fsp3) is 0.632. The highest BCUT2D eigenvalue weighted by atomic mass is 16.3. The van der Waals surface area contributed by atoms with Crippen molar-refractivity contribution < 1.29 is 5.11 Å². The Labute approximate surface area is 133 Å². The summed E-state index contributed by atoms with van der Waals surface area (Å²) in [4.78, 5) is 7.06. The lowest BCUT2D eigenvalue weighted by Gasteiger charge is -2.52.